The van der Waals surface area contributed by atoms with Gasteiger partial charge in [0.15, 0.2) is 0 Å². The van der Waals surface area contributed by atoms with Gasteiger partial charge in [-0.1, -0.05) is 0 Å². The Hall–Kier alpha value is -1.87. The molecular weight excluding hydrogens is 390 g/mol. The van der Waals surface area contributed by atoms with Crippen molar-refractivity contribution in [2.24, 2.45) is 0 Å². The first kappa shape index (κ1) is 18.9. The molecule has 0 saturated carbocycles. The third-order valence-electron chi connectivity index (χ3n) is 4.01. The van der Waals surface area contributed by atoms with Crippen molar-refractivity contribution in [2.75, 3.05) is 22.4 Å². The van der Waals surface area contributed by atoms with Crippen molar-refractivity contribution in [1.29, 1.82) is 0 Å². The van der Waals surface area contributed by atoms with Crippen LogP contribution in [-0.2, 0) is 10.0 Å². The summed E-state index contributed by atoms with van der Waals surface area (Å²) in [7, 11) is -10.2. The van der Waals surface area contributed by atoms with Gasteiger partial charge in [0.1, 0.15) is 0 Å². The Morgan fingerprint density at radius 2 is 1.27 bits per heavy atom. The molecule has 1 heterocycles. The van der Waals surface area contributed by atoms with Gasteiger partial charge in [-0.2, -0.15) is 0 Å². The number of benzene rings is 2. The van der Waals surface area contributed by atoms with E-state index in [0.717, 1.165) is 0 Å². The molecule has 0 aromatic heterocycles. The Bertz CT molecular complexity index is 818. The van der Waals surface area contributed by atoms with Gasteiger partial charge < -0.3 is 0 Å². The van der Waals surface area contributed by atoms with Gasteiger partial charge in [0, 0.05) is 0 Å². The Balaban J connectivity index is 2.07. The van der Waals surface area contributed by atoms with Gasteiger partial charge in [-0.05, 0) is 0 Å². The molecular formula is C15H17F3N3O3PS. The van der Waals surface area contributed by atoms with Crippen molar-refractivity contribution in [3.05, 3.63) is 60.7 Å². The number of para-hydroxylation sites is 2. The number of alkyl halides is 3. The standard InChI is InChI=1S/C15H17F3N3O3PS/c16-15(17,18)26(23,24)19-25(22)20(13-7-3-1-4-8-13)11-12-21(25)14-9-5-2-6-10-14/h1-10,19,22,25H,11-12H2. The molecule has 0 atom stereocenters. The predicted molar refractivity (Wildman–Crippen MR) is 96.2 cm³/mol. The molecule has 6 nitrogen and oxygen atoms in total. The fourth-order valence-electron chi connectivity index (χ4n) is 2.84. The molecule has 142 valence electrons. The van der Waals surface area contributed by atoms with E-state index in [-0.39, 0.29) is 13.1 Å². The quantitative estimate of drug-likeness (QED) is 0.763. The van der Waals surface area contributed by atoms with Gasteiger partial charge in [0.2, 0.25) is 0 Å². The number of hydrogen-bond donors (Lipinski definition) is 2. The molecule has 26 heavy (non-hydrogen) atoms. The number of hydrogen-bond acceptors (Lipinski definition) is 5. The normalized spacial score (nSPS) is 18.8. The van der Waals surface area contributed by atoms with Crippen LogP contribution in [0.4, 0.5) is 24.5 Å². The van der Waals surface area contributed by atoms with Crippen molar-refractivity contribution >= 4 is 29.3 Å². The van der Waals surface area contributed by atoms with Gasteiger partial charge in [-0.25, -0.2) is 0 Å². The van der Waals surface area contributed by atoms with Crippen LogP contribution in [0.3, 0.4) is 0 Å². The summed E-state index contributed by atoms with van der Waals surface area (Å²) in [6.45, 7) is 0.337. The molecule has 0 amide bonds. The van der Waals surface area contributed by atoms with E-state index in [1.54, 1.807) is 65.2 Å². The summed E-state index contributed by atoms with van der Waals surface area (Å²) in [5.41, 5.74) is -4.65. The maximum atomic E-state index is 12.9. The molecule has 2 aromatic rings. The number of nitrogens with one attached hydrogen (secondary N) is 1. The number of nitrogens with zero attached hydrogens (tertiary/aromatic N) is 2. The number of sulfonamides is 1. The number of rotatable bonds is 4. The van der Waals surface area contributed by atoms with Crippen molar-refractivity contribution < 1.29 is 26.5 Å². The zero-order valence-electron chi connectivity index (χ0n) is 13.4. The Labute approximate surface area is 149 Å². The van der Waals surface area contributed by atoms with E-state index in [1.807, 2.05) is 0 Å². The van der Waals surface area contributed by atoms with E-state index >= 15 is 0 Å². The Morgan fingerprint density at radius 3 is 1.62 bits per heavy atom. The topological polar surface area (TPSA) is 72.9 Å². The first-order chi connectivity index (χ1) is 12.2. The molecule has 0 bridgehead atoms. The zero-order valence-corrected chi connectivity index (χ0v) is 15.2. The zero-order chi connectivity index (χ0) is 19.0. The van der Waals surface area contributed by atoms with E-state index in [0.29, 0.717) is 11.4 Å². The molecule has 0 aliphatic carbocycles. The Morgan fingerprint density at radius 1 is 0.885 bits per heavy atom. The molecule has 1 aliphatic heterocycles. The van der Waals surface area contributed by atoms with Crippen LogP contribution in [0.25, 0.3) is 0 Å². The van der Waals surface area contributed by atoms with Gasteiger partial charge in [-0.3, -0.25) is 0 Å². The molecule has 11 heteroatoms. The van der Waals surface area contributed by atoms with Gasteiger partial charge in [0.25, 0.3) is 0 Å². The molecule has 0 radical (unpaired) electrons. The molecule has 1 fully saturated rings. The number of anilines is 2. The van der Waals surface area contributed by atoms with E-state index < -0.39 is 23.5 Å². The van der Waals surface area contributed by atoms with Crippen LogP contribution in [0.2, 0.25) is 0 Å². The molecule has 2 aromatic carbocycles. The van der Waals surface area contributed by atoms with Crippen LogP contribution >= 0.6 is 7.94 Å². The molecule has 2 N–H and O–H groups in total. The molecule has 1 aliphatic rings. The molecule has 0 unspecified atom stereocenters. The average Bonchev–Trinajstić information content (AvgIpc) is 2.91. The van der Waals surface area contributed by atoms with Crippen molar-refractivity contribution in [1.82, 2.24) is 4.49 Å². The number of halogens is 3. The SMILES string of the molecule is O=S(=O)(N[PH]1(O)N(c2ccccc2)CCN1c1ccccc1)C(F)(F)F. The molecule has 3 rings (SSSR count). The van der Waals surface area contributed by atoms with Crippen LogP contribution in [-0.4, -0.2) is 31.9 Å². The van der Waals surface area contributed by atoms with Crippen LogP contribution in [0.1, 0.15) is 0 Å². The van der Waals surface area contributed by atoms with Crippen molar-refractivity contribution in [3.8, 4) is 0 Å². The maximum absolute atomic E-state index is 12.9. The summed E-state index contributed by atoms with van der Waals surface area (Å²) >= 11 is 0. The van der Waals surface area contributed by atoms with Gasteiger partial charge in [0.05, 0.1) is 0 Å². The summed E-state index contributed by atoms with van der Waals surface area (Å²) in [5, 5.41) is 0. The second kappa shape index (κ2) is 6.70. The second-order valence-electron chi connectivity index (χ2n) is 5.66. The van der Waals surface area contributed by atoms with Crippen LogP contribution in [0, 0.1) is 0 Å². The minimum atomic E-state index is -5.74. The first-order valence-electron chi connectivity index (χ1n) is 7.63. The third-order valence-corrected chi connectivity index (χ3v) is 9.26. The average molecular weight is 407 g/mol. The first-order valence-corrected chi connectivity index (χ1v) is 11.0. The van der Waals surface area contributed by atoms with Gasteiger partial charge >= 0.3 is 149 Å². The molecule has 1 saturated heterocycles. The van der Waals surface area contributed by atoms with E-state index in [2.05, 4.69) is 0 Å². The summed E-state index contributed by atoms with van der Waals surface area (Å²) in [6.07, 6.45) is 0. The summed E-state index contributed by atoms with van der Waals surface area (Å²) in [4.78, 5) is 11.2. The summed E-state index contributed by atoms with van der Waals surface area (Å²) < 4.78 is 66.5. The van der Waals surface area contributed by atoms with E-state index in [9.17, 15) is 26.5 Å². The van der Waals surface area contributed by atoms with Crippen LogP contribution in [0.15, 0.2) is 60.7 Å². The minimum absolute atomic E-state index is 0.169. The Kier molecular flexibility index (Phi) is 4.87. The summed E-state index contributed by atoms with van der Waals surface area (Å²) in [6, 6.07) is 16.5. The third kappa shape index (κ3) is 3.37. The van der Waals surface area contributed by atoms with E-state index in [4.69, 9.17) is 0 Å². The fourth-order valence-corrected chi connectivity index (χ4v) is 7.76. The second-order valence-corrected chi connectivity index (χ2v) is 10.3. The van der Waals surface area contributed by atoms with Crippen LogP contribution < -0.4 is 13.8 Å². The monoisotopic (exact) mass is 407 g/mol. The predicted octanol–water partition coefficient (Wildman–Crippen LogP) is 2.85. The summed E-state index contributed by atoms with van der Waals surface area (Å²) in [5.74, 6) is 0. The van der Waals surface area contributed by atoms with Crippen LogP contribution in [0.5, 0.6) is 0 Å². The van der Waals surface area contributed by atoms with Crippen molar-refractivity contribution in [2.45, 2.75) is 5.51 Å². The fraction of sp³-hybridized carbons (Fsp3) is 0.200. The van der Waals surface area contributed by atoms with Crippen molar-refractivity contribution in [3.63, 3.8) is 0 Å². The van der Waals surface area contributed by atoms with E-state index in [1.165, 1.54) is 9.34 Å². The van der Waals surface area contributed by atoms with Gasteiger partial charge in [-0.15, -0.1) is 0 Å². The molecule has 0 spiro atoms.